The standard InChI is InChI=1S/C22H21BrN2O4S/c1-3-28-17-13-16(25-22(27)19-10-11-20(23)30-19)18(29-4-2)12-15(17)24-21(26)14-8-6-5-7-9-14/h5-13H,3-4H2,1-2H3,(H,24,26)(H,25,27). The monoisotopic (exact) mass is 488 g/mol. The van der Waals surface area contributed by atoms with Crippen LogP contribution in [0.1, 0.15) is 33.9 Å². The number of rotatable bonds is 8. The highest BCUT2D eigenvalue weighted by atomic mass is 79.9. The summed E-state index contributed by atoms with van der Waals surface area (Å²) < 4.78 is 12.3. The topological polar surface area (TPSA) is 76.7 Å². The van der Waals surface area contributed by atoms with Crippen LogP contribution in [0.4, 0.5) is 11.4 Å². The molecule has 156 valence electrons. The normalized spacial score (nSPS) is 10.4. The molecule has 0 unspecified atom stereocenters. The lowest BCUT2D eigenvalue weighted by Crippen LogP contribution is -2.15. The fraction of sp³-hybridized carbons (Fsp3) is 0.182. The molecule has 2 N–H and O–H groups in total. The molecule has 0 atom stereocenters. The molecule has 0 aliphatic rings. The summed E-state index contributed by atoms with van der Waals surface area (Å²) in [5.41, 5.74) is 1.46. The highest BCUT2D eigenvalue weighted by Gasteiger charge is 2.18. The quantitative estimate of drug-likeness (QED) is 0.419. The third-order valence-corrected chi connectivity index (χ3v) is 5.63. The SMILES string of the molecule is CCOc1cc(NC(=O)c2ccc(Br)s2)c(OCC)cc1NC(=O)c1ccccc1. The molecule has 30 heavy (non-hydrogen) atoms. The molecule has 0 radical (unpaired) electrons. The minimum absolute atomic E-state index is 0.254. The molecule has 8 heteroatoms. The van der Waals surface area contributed by atoms with Crippen molar-refractivity contribution in [2.45, 2.75) is 13.8 Å². The average molecular weight is 489 g/mol. The molecular weight excluding hydrogens is 468 g/mol. The van der Waals surface area contributed by atoms with Gasteiger partial charge in [0.2, 0.25) is 0 Å². The molecule has 2 amide bonds. The van der Waals surface area contributed by atoms with Crippen LogP contribution in [-0.4, -0.2) is 25.0 Å². The van der Waals surface area contributed by atoms with Crippen molar-refractivity contribution < 1.29 is 19.1 Å². The third kappa shape index (κ3) is 5.40. The number of ether oxygens (including phenoxy) is 2. The van der Waals surface area contributed by atoms with E-state index in [2.05, 4.69) is 26.6 Å². The van der Waals surface area contributed by atoms with Gasteiger partial charge >= 0.3 is 0 Å². The molecule has 6 nitrogen and oxygen atoms in total. The molecular formula is C22H21BrN2O4S. The van der Waals surface area contributed by atoms with E-state index < -0.39 is 0 Å². The van der Waals surface area contributed by atoms with Crippen molar-refractivity contribution in [2.24, 2.45) is 0 Å². The van der Waals surface area contributed by atoms with E-state index in [0.29, 0.717) is 46.5 Å². The first-order chi connectivity index (χ1) is 14.5. The van der Waals surface area contributed by atoms with Crippen molar-refractivity contribution in [3.05, 3.63) is 68.8 Å². The Morgan fingerprint density at radius 1 is 0.867 bits per heavy atom. The predicted octanol–water partition coefficient (Wildman–Crippen LogP) is 5.81. The summed E-state index contributed by atoms with van der Waals surface area (Å²) in [7, 11) is 0. The Morgan fingerprint density at radius 2 is 1.43 bits per heavy atom. The number of carbonyl (C=O) groups is 2. The van der Waals surface area contributed by atoms with Gasteiger partial charge in [-0.3, -0.25) is 9.59 Å². The lowest BCUT2D eigenvalue weighted by Gasteiger charge is -2.17. The van der Waals surface area contributed by atoms with Crippen LogP contribution in [0.3, 0.4) is 0 Å². The number of amides is 2. The fourth-order valence-electron chi connectivity index (χ4n) is 2.71. The van der Waals surface area contributed by atoms with Gasteiger partial charge in [0.05, 0.1) is 33.3 Å². The van der Waals surface area contributed by atoms with Gasteiger partial charge in [0.1, 0.15) is 11.5 Å². The smallest absolute Gasteiger partial charge is 0.265 e. The van der Waals surface area contributed by atoms with Gasteiger partial charge in [0.25, 0.3) is 11.8 Å². The summed E-state index contributed by atoms with van der Waals surface area (Å²) in [5.74, 6) is 0.357. The number of thiophene rings is 1. The number of benzene rings is 2. The van der Waals surface area contributed by atoms with E-state index in [1.165, 1.54) is 11.3 Å². The van der Waals surface area contributed by atoms with Crippen molar-refractivity contribution in [3.63, 3.8) is 0 Å². The van der Waals surface area contributed by atoms with Gasteiger partial charge in [-0.15, -0.1) is 11.3 Å². The molecule has 3 aromatic rings. The lowest BCUT2D eigenvalue weighted by molar-refractivity contribution is 0.101. The number of halogens is 1. The molecule has 1 heterocycles. The summed E-state index contributed by atoms with van der Waals surface area (Å²) in [5, 5.41) is 5.73. The number of carbonyl (C=O) groups excluding carboxylic acids is 2. The zero-order valence-corrected chi connectivity index (χ0v) is 18.9. The second-order valence-electron chi connectivity index (χ2n) is 6.09. The molecule has 0 aliphatic carbocycles. The zero-order valence-electron chi connectivity index (χ0n) is 16.5. The second kappa shape index (κ2) is 10.3. The van der Waals surface area contributed by atoms with E-state index in [9.17, 15) is 9.59 Å². The number of hydrogen-bond acceptors (Lipinski definition) is 5. The van der Waals surface area contributed by atoms with Crippen molar-refractivity contribution in [3.8, 4) is 11.5 Å². The van der Waals surface area contributed by atoms with Crippen molar-refractivity contribution in [1.29, 1.82) is 0 Å². The number of nitrogens with one attached hydrogen (secondary N) is 2. The Balaban J connectivity index is 1.92. The van der Waals surface area contributed by atoms with Crippen LogP contribution < -0.4 is 20.1 Å². The highest BCUT2D eigenvalue weighted by molar-refractivity contribution is 9.11. The Hall–Kier alpha value is -2.84. The van der Waals surface area contributed by atoms with E-state index in [4.69, 9.17) is 9.47 Å². The Bertz CT molecular complexity index is 1040. The Morgan fingerprint density at radius 3 is 1.93 bits per heavy atom. The van der Waals surface area contributed by atoms with Crippen LogP contribution in [0.25, 0.3) is 0 Å². The van der Waals surface area contributed by atoms with Crippen LogP contribution >= 0.6 is 27.3 Å². The van der Waals surface area contributed by atoms with Gasteiger partial charge in [-0.25, -0.2) is 0 Å². The molecule has 0 spiro atoms. The third-order valence-electron chi connectivity index (χ3n) is 4.01. The summed E-state index contributed by atoms with van der Waals surface area (Å²) >= 11 is 4.70. The van der Waals surface area contributed by atoms with Gasteiger partial charge in [-0.1, -0.05) is 18.2 Å². The van der Waals surface area contributed by atoms with Crippen LogP contribution in [0.5, 0.6) is 11.5 Å². The van der Waals surface area contributed by atoms with Gasteiger partial charge < -0.3 is 20.1 Å². The van der Waals surface area contributed by atoms with Gasteiger partial charge in [-0.05, 0) is 54.0 Å². The molecule has 0 aliphatic heterocycles. The first-order valence-electron chi connectivity index (χ1n) is 9.38. The molecule has 0 bridgehead atoms. The van der Waals surface area contributed by atoms with Gasteiger partial charge in [0, 0.05) is 17.7 Å². The fourth-order valence-corrected chi connectivity index (χ4v) is 3.99. The van der Waals surface area contributed by atoms with Gasteiger partial charge in [0.15, 0.2) is 0 Å². The first-order valence-corrected chi connectivity index (χ1v) is 11.0. The number of hydrogen-bond donors (Lipinski definition) is 2. The maximum Gasteiger partial charge on any atom is 0.265 e. The highest BCUT2D eigenvalue weighted by Crippen LogP contribution is 2.37. The minimum atomic E-state index is -0.265. The maximum absolute atomic E-state index is 12.6. The van der Waals surface area contributed by atoms with Crippen molar-refractivity contribution in [1.82, 2.24) is 0 Å². The average Bonchev–Trinajstić information content (AvgIpc) is 3.18. The molecule has 2 aromatic carbocycles. The predicted molar refractivity (Wildman–Crippen MR) is 123 cm³/mol. The minimum Gasteiger partial charge on any atom is -0.492 e. The zero-order chi connectivity index (χ0) is 21.5. The van der Waals surface area contributed by atoms with Crippen molar-refractivity contribution in [2.75, 3.05) is 23.8 Å². The first kappa shape index (κ1) is 21.9. The molecule has 1 aromatic heterocycles. The lowest BCUT2D eigenvalue weighted by atomic mass is 10.2. The second-order valence-corrected chi connectivity index (χ2v) is 8.55. The molecule has 0 fully saturated rings. The summed E-state index contributed by atoms with van der Waals surface area (Å²) in [6.45, 7) is 4.49. The molecule has 0 saturated heterocycles. The van der Waals surface area contributed by atoms with E-state index in [-0.39, 0.29) is 11.8 Å². The van der Waals surface area contributed by atoms with E-state index in [1.54, 1.807) is 42.5 Å². The number of anilines is 2. The molecule has 3 rings (SSSR count). The maximum atomic E-state index is 12.6. The van der Waals surface area contributed by atoms with E-state index in [1.807, 2.05) is 26.0 Å². The van der Waals surface area contributed by atoms with Crippen LogP contribution in [0.15, 0.2) is 58.4 Å². The summed E-state index contributed by atoms with van der Waals surface area (Å²) in [4.78, 5) is 25.8. The summed E-state index contributed by atoms with van der Waals surface area (Å²) in [6.07, 6.45) is 0. The van der Waals surface area contributed by atoms with E-state index in [0.717, 1.165) is 3.79 Å². The molecule has 0 saturated carbocycles. The van der Waals surface area contributed by atoms with Crippen molar-refractivity contribution >= 4 is 50.5 Å². The summed E-state index contributed by atoms with van der Waals surface area (Å²) in [6, 6.07) is 15.8. The van der Waals surface area contributed by atoms with Gasteiger partial charge in [-0.2, -0.15) is 0 Å². The Kier molecular flexibility index (Phi) is 7.48. The largest absolute Gasteiger partial charge is 0.492 e. The Labute approximate surface area is 187 Å². The van der Waals surface area contributed by atoms with E-state index >= 15 is 0 Å². The van der Waals surface area contributed by atoms with Crippen LogP contribution in [0.2, 0.25) is 0 Å². The van der Waals surface area contributed by atoms with Crippen LogP contribution in [-0.2, 0) is 0 Å². The van der Waals surface area contributed by atoms with Crippen LogP contribution in [0, 0.1) is 0 Å².